The Morgan fingerprint density at radius 1 is 1.18 bits per heavy atom. The molecule has 0 bridgehead atoms. The Morgan fingerprint density at radius 2 is 1.82 bits per heavy atom. The van der Waals surface area contributed by atoms with Gasteiger partial charge in [0.05, 0.1) is 29.2 Å². The van der Waals surface area contributed by atoms with Crippen LogP contribution in [-0.2, 0) is 24.1 Å². The van der Waals surface area contributed by atoms with E-state index in [2.05, 4.69) is 0 Å². The van der Waals surface area contributed by atoms with E-state index >= 15 is 0 Å². The summed E-state index contributed by atoms with van der Waals surface area (Å²) < 4.78 is 36.0. The van der Waals surface area contributed by atoms with Gasteiger partial charge in [-0.05, 0) is 45.7 Å². The molecule has 2 unspecified atom stereocenters. The SMILES string of the molecule is CCOC(=O)C1CCN(C(=O)OC(C)(C)C)C1c1ccccc1S(=O)(=O)CC. The highest BCUT2D eigenvalue weighted by Gasteiger charge is 2.45. The maximum atomic E-state index is 12.8. The predicted molar refractivity (Wildman–Crippen MR) is 105 cm³/mol. The van der Waals surface area contributed by atoms with E-state index in [9.17, 15) is 18.0 Å². The van der Waals surface area contributed by atoms with Crippen molar-refractivity contribution in [1.29, 1.82) is 0 Å². The van der Waals surface area contributed by atoms with E-state index in [4.69, 9.17) is 9.47 Å². The lowest BCUT2D eigenvalue weighted by Gasteiger charge is -2.31. The molecule has 1 saturated heterocycles. The van der Waals surface area contributed by atoms with Gasteiger partial charge >= 0.3 is 12.1 Å². The molecular formula is C20H29NO6S. The maximum absolute atomic E-state index is 12.8. The van der Waals surface area contributed by atoms with Gasteiger partial charge in [0, 0.05) is 6.54 Å². The molecule has 1 amide bonds. The van der Waals surface area contributed by atoms with Crippen LogP contribution in [-0.4, -0.2) is 49.9 Å². The normalized spacial score (nSPS) is 20.1. The first-order chi connectivity index (χ1) is 13.0. The van der Waals surface area contributed by atoms with Gasteiger partial charge in [-0.2, -0.15) is 0 Å². The predicted octanol–water partition coefficient (Wildman–Crippen LogP) is 3.34. The lowest BCUT2D eigenvalue weighted by molar-refractivity contribution is -0.148. The molecule has 8 heteroatoms. The van der Waals surface area contributed by atoms with Crippen LogP contribution in [0.2, 0.25) is 0 Å². The van der Waals surface area contributed by atoms with Crippen molar-refractivity contribution in [2.24, 2.45) is 5.92 Å². The highest BCUT2D eigenvalue weighted by Crippen LogP contribution is 2.41. The Hall–Kier alpha value is -2.09. The number of carbonyl (C=O) groups is 2. The largest absolute Gasteiger partial charge is 0.466 e. The summed E-state index contributed by atoms with van der Waals surface area (Å²) in [6.07, 6.45) is -0.198. The van der Waals surface area contributed by atoms with E-state index in [0.717, 1.165) is 0 Å². The van der Waals surface area contributed by atoms with Crippen LogP contribution in [0.5, 0.6) is 0 Å². The van der Waals surface area contributed by atoms with E-state index in [1.807, 2.05) is 0 Å². The molecule has 7 nitrogen and oxygen atoms in total. The fraction of sp³-hybridized carbons (Fsp3) is 0.600. The van der Waals surface area contributed by atoms with Gasteiger partial charge in [0.1, 0.15) is 5.60 Å². The molecule has 2 rings (SSSR count). The monoisotopic (exact) mass is 411 g/mol. The number of benzene rings is 1. The first kappa shape index (κ1) is 22.2. The van der Waals surface area contributed by atoms with Gasteiger partial charge in [0.15, 0.2) is 9.84 Å². The maximum Gasteiger partial charge on any atom is 0.410 e. The van der Waals surface area contributed by atoms with Crippen LogP contribution in [0.25, 0.3) is 0 Å². The summed E-state index contributed by atoms with van der Waals surface area (Å²) in [6, 6.07) is 5.76. The quantitative estimate of drug-likeness (QED) is 0.690. The summed E-state index contributed by atoms with van der Waals surface area (Å²) >= 11 is 0. The number of carbonyl (C=O) groups excluding carboxylic acids is 2. The highest BCUT2D eigenvalue weighted by molar-refractivity contribution is 7.91. The molecule has 156 valence electrons. The summed E-state index contributed by atoms with van der Waals surface area (Å²) in [7, 11) is -3.54. The Kier molecular flexibility index (Phi) is 6.75. The molecule has 1 fully saturated rings. The minimum Gasteiger partial charge on any atom is -0.466 e. The fourth-order valence-electron chi connectivity index (χ4n) is 3.36. The van der Waals surface area contributed by atoms with Crippen LogP contribution >= 0.6 is 0 Å². The minimum atomic E-state index is -3.54. The zero-order valence-corrected chi connectivity index (χ0v) is 17.9. The van der Waals surface area contributed by atoms with Crippen molar-refractivity contribution in [3.8, 4) is 0 Å². The van der Waals surface area contributed by atoms with Gasteiger partial charge in [0.25, 0.3) is 0 Å². The van der Waals surface area contributed by atoms with Crippen LogP contribution in [0, 0.1) is 5.92 Å². The number of rotatable bonds is 5. The first-order valence-electron chi connectivity index (χ1n) is 9.49. The van der Waals surface area contributed by atoms with Crippen molar-refractivity contribution in [3.05, 3.63) is 29.8 Å². The van der Waals surface area contributed by atoms with E-state index in [1.54, 1.807) is 52.8 Å². The number of likely N-dealkylation sites (tertiary alicyclic amines) is 1. The fourth-order valence-corrected chi connectivity index (χ4v) is 4.51. The average molecular weight is 412 g/mol. The molecule has 0 aromatic heterocycles. The second-order valence-electron chi connectivity index (χ2n) is 7.71. The second-order valence-corrected chi connectivity index (χ2v) is 9.95. The van der Waals surface area contributed by atoms with Crippen LogP contribution < -0.4 is 0 Å². The molecule has 1 heterocycles. The molecule has 0 radical (unpaired) electrons. The van der Waals surface area contributed by atoms with Crippen molar-refractivity contribution in [2.75, 3.05) is 18.9 Å². The third kappa shape index (κ3) is 4.84. The summed E-state index contributed by atoms with van der Waals surface area (Å²) in [5.74, 6) is -1.17. The van der Waals surface area contributed by atoms with Crippen LogP contribution in [0.1, 0.15) is 52.6 Å². The Labute approximate surface area is 166 Å². The second kappa shape index (κ2) is 8.51. The highest BCUT2D eigenvalue weighted by atomic mass is 32.2. The Bertz CT molecular complexity index is 827. The van der Waals surface area contributed by atoms with Crippen molar-refractivity contribution in [3.63, 3.8) is 0 Å². The van der Waals surface area contributed by atoms with E-state index in [1.165, 1.54) is 11.0 Å². The van der Waals surface area contributed by atoms with Gasteiger partial charge < -0.3 is 14.4 Å². The number of ether oxygens (including phenoxy) is 2. The molecule has 2 atom stereocenters. The van der Waals surface area contributed by atoms with Gasteiger partial charge in [-0.25, -0.2) is 13.2 Å². The third-order valence-electron chi connectivity index (χ3n) is 4.57. The lowest BCUT2D eigenvalue weighted by atomic mass is 9.93. The van der Waals surface area contributed by atoms with Gasteiger partial charge in [0.2, 0.25) is 0 Å². The molecular weight excluding hydrogens is 382 g/mol. The Morgan fingerprint density at radius 3 is 2.39 bits per heavy atom. The number of hydrogen-bond acceptors (Lipinski definition) is 6. The van der Waals surface area contributed by atoms with Crippen molar-refractivity contribution in [1.82, 2.24) is 4.90 Å². The van der Waals surface area contributed by atoms with Crippen LogP contribution in [0.15, 0.2) is 29.2 Å². The van der Waals surface area contributed by atoms with Gasteiger partial charge in [-0.15, -0.1) is 0 Å². The third-order valence-corrected chi connectivity index (χ3v) is 6.37. The number of nitrogens with zero attached hydrogens (tertiary/aromatic N) is 1. The lowest BCUT2D eigenvalue weighted by Crippen LogP contribution is -2.38. The molecule has 0 saturated carbocycles. The van der Waals surface area contributed by atoms with Crippen molar-refractivity contribution < 1.29 is 27.5 Å². The van der Waals surface area contributed by atoms with Crippen LogP contribution in [0.4, 0.5) is 4.79 Å². The topological polar surface area (TPSA) is 90.0 Å². The molecule has 0 aliphatic carbocycles. The summed E-state index contributed by atoms with van der Waals surface area (Å²) in [5, 5.41) is 0. The van der Waals surface area contributed by atoms with Crippen molar-refractivity contribution in [2.45, 2.75) is 57.6 Å². The number of hydrogen-bond donors (Lipinski definition) is 0. The molecule has 1 aromatic rings. The van der Waals surface area contributed by atoms with Crippen LogP contribution in [0.3, 0.4) is 0 Å². The molecule has 1 aliphatic heterocycles. The number of sulfone groups is 1. The van der Waals surface area contributed by atoms with E-state index in [0.29, 0.717) is 12.0 Å². The minimum absolute atomic E-state index is 0.0761. The molecule has 1 aromatic carbocycles. The number of esters is 1. The summed E-state index contributed by atoms with van der Waals surface area (Å²) in [5.41, 5.74) is -0.288. The van der Waals surface area contributed by atoms with Gasteiger partial charge in [-0.3, -0.25) is 4.79 Å². The zero-order valence-electron chi connectivity index (χ0n) is 17.1. The smallest absolute Gasteiger partial charge is 0.410 e. The summed E-state index contributed by atoms with van der Waals surface area (Å²) in [4.78, 5) is 26.9. The molecule has 1 aliphatic rings. The standard InChI is InChI=1S/C20H29NO6S/c1-6-26-18(22)15-12-13-21(19(23)27-20(3,4)5)17(15)14-10-8-9-11-16(14)28(24,25)7-2/h8-11,15,17H,6-7,12-13H2,1-5H3. The van der Waals surface area contributed by atoms with E-state index < -0.39 is 39.5 Å². The first-order valence-corrected chi connectivity index (χ1v) is 11.1. The molecule has 0 N–H and O–H groups in total. The van der Waals surface area contributed by atoms with E-state index in [-0.39, 0.29) is 23.8 Å². The molecule has 0 spiro atoms. The average Bonchev–Trinajstić information content (AvgIpc) is 3.05. The van der Waals surface area contributed by atoms with Crippen molar-refractivity contribution >= 4 is 21.9 Å². The molecule has 28 heavy (non-hydrogen) atoms. The number of amides is 1. The van der Waals surface area contributed by atoms with Gasteiger partial charge in [-0.1, -0.05) is 25.1 Å². The Balaban J connectivity index is 2.55. The zero-order chi connectivity index (χ0) is 21.1. The summed E-state index contributed by atoms with van der Waals surface area (Å²) in [6.45, 7) is 9.04.